The number of allylic oxidation sites excluding steroid dienone is 2. The normalized spacial score (nSPS) is 22.5. The minimum atomic E-state index is 0.753. The summed E-state index contributed by atoms with van der Waals surface area (Å²) in [6.07, 6.45) is 25.7. The predicted molar refractivity (Wildman–Crippen MR) is 100 cm³/mol. The van der Waals surface area contributed by atoms with Gasteiger partial charge in [-0.05, 0) is 51.9 Å². The summed E-state index contributed by atoms with van der Waals surface area (Å²) < 4.78 is 0. The minimum Gasteiger partial charge on any atom is -0.312 e. The second-order valence-electron chi connectivity index (χ2n) is 7.36. The van der Waals surface area contributed by atoms with Crippen LogP contribution in [-0.2, 0) is 0 Å². The van der Waals surface area contributed by atoms with Gasteiger partial charge in [0.1, 0.15) is 0 Å². The molecule has 1 saturated heterocycles. The first-order chi connectivity index (χ1) is 10.8. The van der Waals surface area contributed by atoms with Crippen LogP contribution in [-0.4, -0.2) is 12.1 Å². The second-order valence-corrected chi connectivity index (χ2v) is 7.36. The average Bonchev–Trinajstić information content (AvgIpc) is 2.52. The van der Waals surface area contributed by atoms with E-state index in [0.717, 1.165) is 12.1 Å². The Labute approximate surface area is 140 Å². The van der Waals surface area contributed by atoms with Gasteiger partial charge in [-0.3, -0.25) is 0 Å². The molecule has 1 nitrogen and oxygen atoms in total. The molecule has 0 bridgehead atoms. The quantitative estimate of drug-likeness (QED) is 0.292. The molecule has 22 heavy (non-hydrogen) atoms. The van der Waals surface area contributed by atoms with Gasteiger partial charge < -0.3 is 5.32 Å². The third kappa shape index (κ3) is 11.3. The van der Waals surface area contributed by atoms with Gasteiger partial charge in [0, 0.05) is 12.1 Å². The maximum Gasteiger partial charge on any atom is 0.00695 e. The first kappa shape index (κ1) is 19.7. The summed E-state index contributed by atoms with van der Waals surface area (Å²) in [4.78, 5) is 0. The molecule has 0 aromatic carbocycles. The van der Waals surface area contributed by atoms with Gasteiger partial charge >= 0.3 is 0 Å². The van der Waals surface area contributed by atoms with Crippen LogP contribution in [0.1, 0.15) is 110 Å². The number of nitrogens with one attached hydrogen (secondary N) is 1. The summed E-state index contributed by atoms with van der Waals surface area (Å²) >= 11 is 0. The SMILES string of the molecule is CCCCCCCC/C=C\CCCCC[C@@H]1CCC[C@@H](C)N1. The molecule has 0 aliphatic carbocycles. The van der Waals surface area contributed by atoms with Crippen LogP contribution in [0.3, 0.4) is 0 Å². The molecule has 1 rings (SSSR count). The van der Waals surface area contributed by atoms with Crippen molar-refractivity contribution in [1.29, 1.82) is 0 Å². The fraction of sp³-hybridized carbons (Fsp3) is 0.905. The van der Waals surface area contributed by atoms with E-state index < -0.39 is 0 Å². The lowest BCUT2D eigenvalue weighted by Gasteiger charge is -2.28. The summed E-state index contributed by atoms with van der Waals surface area (Å²) in [6, 6.07) is 1.57. The van der Waals surface area contributed by atoms with Gasteiger partial charge in [0.15, 0.2) is 0 Å². The summed E-state index contributed by atoms with van der Waals surface area (Å²) in [5.74, 6) is 0. The number of piperidine rings is 1. The Balaban J connectivity index is 1.80. The van der Waals surface area contributed by atoms with Crippen molar-refractivity contribution < 1.29 is 0 Å². The van der Waals surface area contributed by atoms with Crippen molar-refractivity contribution >= 4 is 0 Å². The second kappa shape index (κ2) is 14.3. The van der Waals surface area contributed by atoms with E-state index in [0.29, 0.717) is 0 Å². The number of hydrogen-bond donors (Lipinski definition) is 1. The Bertz CT molecular complexity index is 259. The molecular weight excluding hydrogens is 266 g/mol. The Morgan fingerprint density at radius 1 is 0.818 bits per heavy atom. The molecule has 1 aliphatic heterocycles. The molecule has 1 aliphatic rings. The summed E-state index contributed by atoms with van der Waals surface area (Å²) in [6.45, 7) is 4.62. The highest BCUT2D eigenvalue weighted by Crippen LogP contribution is 2.17. The van der Waals surface area contributed by atoms with Gasteiger partial charge in [-0.25, -0.2) is 0 Å². The zero-order valence-electron chi connectivity index (χ0n) is 15.4. The monoisotopic (exact) mass is 307 g/mol. The van der Waals surface area contributed by atoms with Crippen molar-refractivity contribution in [2.45, 2.75) is 122 Å². The van der Waals surface area contributed by atoms with E-state index in [1.165, 1.54) is 96.3 Å². The lowest BCUT2D eigenvalue weighted by atomic mass is 9.95. The molecule has 1 N–H and O–H groups in total. The van der Waals surface area contributed by atoms with Crippen LogP contribution in [0.5, 0.6) is 0 Å². The zero-order chi connectivity index (χ0) is 15.9. The van der Waals surface area contributed by atoms with E-state index in [1.807, 2.05) is 0 Å². The smallest absolute Gasteiger partial charge is 0.00695 e. The molecular formula is C21H41N. The van der Waals surface area contributed by atoms with Gasteiger partial charge in [0.2, 0.25) is 0 Å². The molecule has 0 aromatic heterocycles. The fourth-order valence-corrected chi connectivity index (χ4v) is 3.58. The van der Waals surface area contributed by atoms with Crippen LogP contribution >= 0.6 is 0 Å². The van der Waals surface area contributed by atoms with E-state index in [9.17, 15) is 0 Å². The highest BCUT2D eigenvalue weighted by molar-refractivity contribution is 4.81. The molecule has 0 saturated carbocycles. The Morgan fingerprint density at radius 3 is 2.14 bits per heavy atom. The van der Waals surface area contributed by atoms with Crippen LogP contribution in [0.15, 0.2) is 12.2 Å². The summed E-state index contributed by atoms with van der Waals surface area (Å²) in [7, 11) is 0. The van der Waals surface area contributed by atoms with Crippen LogP contribution in [0.2, 0.25) is 0 Å². The van der Waals surface area contributed by atoms with Gasteiger partial charge in [-0.1, -0.05) is 70.4 Å². The first-order valence-corrected chi connectivity index (χ1v) is 10.2. The topological polar surface area (TPSA) is 12.0 Å². The van der Waals surface area contributed by atoms with Gasteiger partial charge in [-0.15, -0.1) is 0 Å². The van der Waals surface area contributed by atoms with Crippen molar-refractivity contribution in [1.82, 2.24) is 5.32 Å². The van der Waals surface area contributed by atoms with Crippen molar-refractivity contribution in [3.05, 3.63) is 12.2 Å². The molecule has 2 atom stereocenters. The molecule has 0 unspecified atom stereocenters. The van der Waals surface area contributed by atoms with E-state index in [2.05, 4.69) is 31.3 Å². The highest BCUT2D eigenvalue weighted by atomic mass is 15.0. The minimum absolute atomic E-state index is 0.753. The molecule has 1 heteroatoms. The summed E-state index contributed by atoms with van der Waals surface area (Å²) in [5.41, 5.74) is 0. The van der Waals surface area contributed by atoms with Crippen molar-refractivity contribution in [3.63, 3.8) is 0 Å². The molecule has 0 aromatic rings. The molecule has 0 amide bonds. The lowest BCUT2D eigenvalue weighted by molar-refractivity contribution is 0.315. The maximum atomic E-state index is 3.75. The predicted octanol–water partition coefficient (Wildman–Crippen LogP) is 6.77. The number of unbranched alkanes of at least 4 members (excludes halogenated alkanes) is 9. The molecule has 130 valence electrons. The van der Waals surface area contributed by atoms with Crippen molar-refractivity contribution in [3.8, 4) is 0 Å². The summed E-state index contributed by atoms with van der Waals surface area (Å²) in [5, 5.41) is 3.75. The number of rotatable bonds is 13. The van der Waals surface area contributed by atoms with Gasteiger partial charge in [0.05, 0.1) is 0 Å². The van der Waals surface area contributed by atoms with Crippen LogP contribution in [0, 0.1) is 0 Å². The molecule has 1 fully saturated rings. The zero-order valence-corrected chi connectivity index (χ0v) is 15.4. The Hall–Kier alpha value is -0.300. The van der Waals surface area contributed by atoms with Gasteiger partial charge in [-0.2, -0.15) is 0 Å². The largest absolute Gasteiger partial charge is 0.312 e. The third-order valence-corrected chi connectivity index (χ3v) is 5.02. The molecule has 1 heterocycles. The Morgan fingerprint density at radius 2 is 1.45 bits per heavy atom. The Kier molecular flexibility index (Phi) is 12.8. The fourth-order valence-electron chi connectivity index (χ4n) is 3.58. The van der Waals surface area contributed by atoms with Crippen LogP contribution < -0.4 is 5.32 Å². The first-order valence-electron chi connectivity index (χ1n) is 10.2. The van der Waals surface area contributed by atoms with E-state index in [-0.39, 0.29) is 0 Å². The van der Waals surface area contributed by atoms with Crippen molar-refractivity contribution in [2.75, 3.05) is 0 Å². The maximum absolute atomic E-state index is 3.75. The van der Waals surface area contributed by atoms with Crippen LogP contribution in [0.4, 0.5) is 0 Å². The third-order valence-electron chi connectivity index (χ3n) is 5.02. The van der Waals surface area contributed by atoms with Crippen molar-refractivity contribution in [2.24, 2.45) is 0 Å². The number of hydrogen-bond acceptors (Lipinski definition) is 1. The lowest BCUT2D eigenvalue weighted by Crippen LogP contribution is -2.40. The highest BCUT2D eigenvalue weighted by Gasteiger charge is 2.16. The average molecular weight is 308 g/mol. The molecule has 0 spiro atoms. The molecule has 0 radical (unpaired) electrons. The van der Waals surface area contributed by atoms with E-state index in [1.54, 1.807) is 0 Å². The van der Waals surface area contributed by atoms with Crippen LogP contribution in [0.25, 0.3) is 0 Å². The van der Waals surface area contributed by atoms with E-state index in [4.69, 9.17) is 0 Å². The standard InChI is InChI=1S/C21H41N/c1-3-4-5-6-7-8-9-10-11-12-13-14-15-18-21-19-16-17-20(2)22-21/h10-11,20-22H,3-9,12-19H2,1-2H3/b11-10-/t20-,21-/m1/s1. The van der Waals surface area contributed by atoms with E-state index >= 15 is 0 Å². The van der Waals surface area contributed by atoms with Gasteiger partial charge in [0.25, 0.3) is 0 Å².